The minimum absolute atomic E-state index is 0.393. The molecule has 3 atom stereocenters. The predicted octanol–water partition coefficient (Wildman–Crippen LogP) is 5.53. The number of hydrogen-bond donors (Lipinski definition) is 0. The van der Waals surface area contributed by atoms with Gasteiger partial charge in [0.1, 0.15) is 5.75 Å². The summed E-state index contributed by atoms with van der Waals surface area (Å²) < 4.78 is 11.7. The molecule has 0 aromatic heterocycles. The zero-order valence-electron chi connectivity index (χ0n) is 13.8. The highest BCUT2D eigenvalue weighted by Gasteiger charge is 2.38. The molecule has 1 aliphatic heterocycles. The molecule has 0 radical (unpaired) electrons. The molecule has 3 heteroatoms. The van der Waals surface area contributed by atoms with Gasteiger partial charge in [-0.05, 0) is 54.9 Å². The molecule has 0 amide bonds. The fourth-order valence-electron chi connectivity index (χ4n) is 2.96. The normalized spacial score (nSPS) is 22.4. The van der Waals surface area contributed by atoms with E-state index in [0.717, 1.165) is 23.6 Å². The van der Waals surface area contributed by atoms with Crippen molar-refractivity contribution in [2.45, 2.75) is 71.5 Å². The smallest absolute Gasteiger partial charge is 0.126 e. The summed E-state index contributed by atoms with van der Waals surface area (Å²) in [7, 11) is 0. The quantitative estimate of drug-likeness (QED) is 0.617. The molecule has 2 rings (SSSR count). The number of rotatable bonds is 7. The van der Waals surface area contributed by atoms with Crippen molar-refractivity contribution in [3.8, 4) is 5.75 Å². The summed E-state index contributed by atoms with van der Waals surface area (Å²) >= 11 is 6.33. The monoisotopic (exact) mass is 310 g/mol. The maximum Gasteiger partial charge on any atom is 0.126 e. The average Bonchev–Trinajstić information content (AvgIpc) is 3.18. The van der Waals surface area contributed by atoms with Gasteiger partial charge in [-0.2, -0.15) is 0 Å². The summed E-state index contributed by atoms with van der Waals surface area (Å²) in [5, 5.41) is 0.799. The van der Waals surface area contributed by atoms with Gasteiger partial charge in [-0.25, -0.2) is 0 Å². The van der Waals surface area contributed by atoms with Gasteiger partial charge in [0.05, 0.1) is 18.8 Å². The van der Waals surface area contributed by atoms with Gasteiger partial charge >= 0.3 is 0 Å². The van der Waals surface area contributed by atoms with E-state index in [-0.39, 0.29) is 0 Å². The topological polar surface area (TPSA) is 21.8 Å². The third-order valence-corrected chi connectivity index (χ3v) is 4.45. The molecular weight excluding hydrogens is 284 g/mol. The lowest BCUT2D eigenvalue weighted by molar-refractivity contribution is 0.324. The molecule has 1 aliphatic rings. The van der Waals surface area contributed by atoms with Crippen molar-refractivity contribution in [1.29, 1.82) is 0 Å². The van der Waals surface area contributed by atoms with Gasteiger partial charge in [0.25, 0.3) is 0 Å². The zero-order chi connectivity index (χ0) is 15.6. The third-order valence-electron chi connectivity index (χ3n) is 4.23. The molecular formula is C18H27ClO2. The van der Waals surface area contributed by atoms with Crippen LogP contribution in [0.4, 0.5) is 0 Å². The Balaban J connectivity index is 2.27. The largest absolute Gasteiger partial charge is 0.493 e. The van der Waals surface area contributed by atoms with Crippen molar-refractivity contribution >= 4 is 11.6 Å². The Bertz CT molecular complexity index is 484. The van der Waals surface area contributed by atoms with Crippen molar-refractivity contribution in [3.05, 3.63) is 28.3 Å². The first kappa shape index (κ1) is 16.6. The van der Waals surface area contributed by atoms with E-state index in [9.17, 15) is 0 Å². The minimum Gasteiger partial charge on any atom is -0.493 e. The van der Waals surface area contributed by atoms with Gasteiger partial charge in [-0.1, -0.05) is 39.3 Å². The van der Waals surface area contributed by atoms with Crippen molar-refractivity contribution in [1.82, 2.24) is 0 Å². The van der Waals surface area contributed by atoms with E-state index >= 15 is 0 Å². The molecule has 1 heterocycles. The first-order chi connectivity index (χ1) is 9.97. The summed E-state index contributed by atoms with van der Waals surface area (Å²) in [5.41, 5.74) is 2.42. The molecule has 1 aromatic rings. The number of benzene rings is 1. The van der Waals surface area contributed by atoms with Crippen LogP contribution in [-0.4, -0.2) is 18.8 Å². The molecule has 0 aliphatic carbocycles. The summed E-state index contributed by atoms with van der Waals surface area (Å²) in [6, 6.07) is 4.10. The van der Waals surface area contributed by atoms with E-state index in [1.807, 2.05) is 13.0 Å². The molecule has 0 N–H and O–H groups in total. The summed E-state index contributed by atoms with van der Waals surface area (Å²) in [4.78, 5) is 0. The van der Waals surface area contributed by atoms with E-state index in [2.05, 4.69) is 33.8 Å². The molecule has 21 heavy (non-hydrogen) atoms. The Morgan fingerprint density at radius 1 is 1.14 bits per heavy atom. The van der Waals surface area contributed by atoms with Gasteiger partial charge in [0.2, 0.25) is 0 Å². The van der Waals surface area contributed by atoms with Gasteiger partial charge in [0, 0.05) is 5.02 Å². The highest BCUT2D eigenvalue weighted by Crippen LogP contribution is 2.41. The standard InChI is InChI=1S/C18H27ClO2/c1-6-16-17(21-16)8-12(5)15-10-13(19)9-14(11(3)4)18(15)20-7-2/h9-12,16-17H,6-8H2,1-5H3. The Labute approximate surface area is 133 Å². The van der Waals surface area contributed by atoms with E-state index in [1.54, 1.807) is 0 Å². The highest BCUT2D eigenvalue weighted by molar-refractivity contribution is 6.30. The number of epoxide rings is 1. The van der Waals surface area contributed by atoms with Crippen LogP contribution in [0.3, 0.4) is 0 Å². The van der Waals surface area contributed by atoms with Crippen LogP contribution in [0.5, 0.6) is 5.75 Å². The lowest BCUT2D eigenvalue weighted by atomic mass is 9.90. The van der Waals surface area contributed by atoms with Gasteiger partial charge in [-0.15, -0.1) is 0 Å². The highest BCUT2D eigenvalue weighted by atomic mass is 35.5. The van der Waals surface area contributed by atoms with E-state index in [4.69, 9.17) is 21.1 Å². The van der Waals surface area contributed by atoms with Crippen LogP contribution >= 0.6 is 11.6 Å². The Hall–Kier alpha value is -0.730. The summed E-state index contributed by atoms with van der Waals surface area (Å²) in [5.74, 6) is 1.82. The molecule has 0 saturated carbocycles. The van der Waals surface area contributed by atoms with Crippen LogP contribution in [0.15, 0.2) is 12.1 Å². The molecule has 0 bridgehead atoms. The molecule has 118 valence electrons. The zero-order valence-corrected chi connectivity index (χ0v) is 14.5. The lowest BCUT2D eigenvalue weighted by Gasteiger charge is -2.21. The summed E-state index contributed by atoms with van der Waals surface area (Å²) in [6.45, 7) is 11.5. The Morgan fingerprint density at radius 2 is 1.81 bits per heavy atom. The first-order valence-corrected chi connectivity index (χ1v) is 8.47. The van der Waals surface area contributed by atoms with Crippen LogP contribution in [0.1, 0.15) is 70.4 Å². The summed E-state index contributed by atoms with van der Waals surface area (Å²) in [6.07, 6.45) is 2.99. The van der Waals surface area contributed by atoms with Crippen molar-refractivity contribution < 1.29 is 9.47 Å². The first-order valence-electron chi connectivity index (χ1n) is 8.09. The molecule has 2 nitrogen and oxygen atoms in total. The molecule has 1 fully saturated rings. The molecule has 1 saturated heterocycles. The van der Waals surface area contributed by atoms with Gasteiger partial charge in [0.15, 0.2) is 0 Å². The number of ether oxygens (including phenoxy) is 2. The van der Waals surface area contributed by atoms with Crippen molar-refractivity contribution in [2.24, 2.45) is 0 Å². The fraction of sp³-hybridized carbons (Fsp3) is 0.667. The SMILES string of the molecule is CCOc1c(C(C)C)cc(Cl)cc1C(C)CC1OC1CC. The Morgan fingerprint density at radius 3 is 2.33 bits per heavy atom. The number of hydrogen-bond acceptors (Lipinski definition) is 2. The minimum atomic E-state index is 0.393. The lowest BCUT2D eigenvalue weighted by Crippen LogP contribution is -2.07. The second-order valence-electron chi connectivity index (χ2n) is 6.26. The van der Waals surface area contributed by atoms with Crippen LogP contribution in [0.25, 0.3) is 0 Å². The average molecular weight is 311 g/mol. The predicted molar refractivity (Wildman–Crippen MR) is 88.7 cm³/mol. The fourth-order valence-corrected chi connectivity index (χ4v) is 3.20. The molecule has 1 aromatic carbocycles. The van der Waals surface area contributed by atoms with Crippen molar-refractivity contribution in [2.75, 3.05) is 6.61 Å². The van der Waals surface area contributed by atoms with Gasteiger partial charge in [-0.3, -0.25) is 0 Å². The second kappa shape index (κ2) is 7.02. The maximum absolute atomic E-state index is 6.33. The van der Waals surface area contributed by atoms with Crippen LogP contribution in [0.2, 0.25) is 5.02 Å². The van der Waals surface area contributed by atoms with E-state index in [1.165, 1.54) is 11.1 Å². The van der Waals surface area contributed by atoms with Crippen LogP contribution in [-0.2, 0) is 4.74 Å². The third kappa shape index (κ3) is 3.92. The second-order valence-corrected chi connectivity index (χ2v) is 6.70. The number of halogens is 1. The maximum atomic E-state index is 6.33. The van der Waals surface area contributed by atoms with Crippen LogP contribution in [0, 0.1) is 0 Å². The van der Waals surface area contributed by atoms with E-state index in [0.29, 0.717) is 30.7 Å². The van der Waals surface area contributed by atoms with Crippen molar-refractivity contribution in [3.63, 3.8) is 0 Å². The van der Waals surface area contributed by atoms with E-state index < -0.39 is 0 Å². The molecule has 0 spiro atoms. The van der Waals surface area contributed by atoms with Crippen LogP contribution < -0.4 is 4.74 Å². The molecule has 3 unspecified atom stereocenters. The van der Waals surface area contributed by atoms with Gasteiger partial charge < -0.3 is 9.47 Å². The Kier molecular flexibility index (Phi) is 5.56.